The highest BCUT2D eigenvalue weighted by atomic mass is 16.5. The second-order valence-corrected chi connectivity index (χ2v) is 3.95. The normalized spacial score (nSPS) is 12.5. The molecule has 0 saturated heterocycles. The SMILES string of the molecule is CCOC(=O)C(CC)n1nc(CC)cc1CC. The van der Waals surface area contributed by atoms with E-state index in [4.69, 9.17) is 4.74 Å². The third kappa shape index (κ3) is 3.08. The number of rotatable bonds is 6. The Morgan fingerprint density at radius 2 is 2.06 bits per heavy atom. The number of nitrogens with zero attached hydrogens (tertiary/aromatic N) is 2. The molecule has 4 nitrogen and oxygen atoms in total. The summed E-state index contributed by atoms with van der Waals surface area (Å²) in [5, 5.41) is 4.49. The highest BCUT2D eigenvalue weighted by Crippen LogP contribution is 2.18. The minimum Gasteiger partial charge on any atom is -0.464 e. The van der Waals surface area contributed by atoms with Gasteiger partial charge in [-0.1, -0.05) is 20.8 Å². The molecule has 1 heterocycles. The lowest BCUT2D eigenvalue weighted by atomic mass is 10.2. The first-order valence-corrected chi connectivity index (χ1v) is 6.41. The van der Waals surface area contributed by atoms with Gasteiger partial charge in [0.15, 0.2) is 0 Å². The Morgan fingerprint density at radius 3 is 2.53 bits per heavy atom. The first-order chi connectivity index (χ1) is 8.17. The van der Waals surface area contributed by atoms with Crippen LogP contribution < -0.4 is 0 Å². The fourth-order valence-corrected chi connectivity index (χ4v) is 1.87. The lowest BCUT2D eigenvalue weighted by molar-refractivity contribution is -0.147. The van der Waals surface area contributed by atoms with E-state index in [1.54, 1.807) is 0 Å². The topological polar surface area (TPSA) is 44.1 Å². The molecule has 0 aliphatic heterocycles. The Balaban J connectivity index is 3.01. The molecule has 1 aromatic heterocycles. The Hall–Kier alpha value is -1.32. The van der Waals surface area contributed by atoms with Crippen molar-refractivity contribution in [2.75, 3.05) is 6.61 Å². The van der Waals surface area contributed by atoms with Crippen LogP contribution >= 0.6 is 0 Å². The Morgan fingerprint density at radius 1 is 1.35 bits per heavy atom. The van der Waals surface area contributed by atoms with Gasteiger partial charge in [0.2, 0.25) is 0 Å². The van der Waals surface area contributed by atoms with Crippen LogP contribution in [0.1, 0.15) is 51.5 Å². The van der Waals surface area contributed by atoms with E-state index in [0.29, 0.717) is 13.0 Å². The van der Waals surface area contributed by atoms with Gasteiger partial charge >= 0.3 is 5.97 Å². The molecule has 0 fully saturated rings. The van der Waals surface area contributed by atoms with Gasteiger partial charge in [-0.15, -0.1) is 0 Å². The molecular formula is C13H22N2O2. The van der Waals surface area contributed by atoms with Gasteiger partial charge in [0.05, 0.1) is 12.3 Å². The largest absolute Gasteiger partial charge is 0.464 e. The molecule has 0 aromatic carbocycles. The van der Waals surface area contributed by atoms with Crippen molar-refractivity contribution < 1.29 is 9.53 Å². The summed E-state index contributed by atoms with van der Waals surface area (Å²) >= 11 is 0. The fraction of sp³-hybridized carbons (Fsp3) is 0.692. The minimum absolute atomic E-state index is 0.185. The smallest absolute Gasteiger partial charge is 0.330 e. The summed E-state index contributed by atoms with van der Waals surface area (Å²) in [5.41, 5.74) is 2.13. The van der Waals surface area contributed by atoms with Crippen LogP contribution in [0.5, 0.6) is 0 Å². The predicted molar refractivity (Wildman–Crippen MR) is 66.9 cm³/mol. The number of aryl methyl sites for hydroxylation is 2. The summed E-state index contributed by atoms with van der Waals surface area (Å²) in [6, 6.07) is 1.78. The van der Waals surface area contributed by atoms with Gasteiger partial charge in [-0.05, 0) is 32.3 Å². The quantitative estimate of drug-likeness (QED) is 0.715. The third-order valence-corrected chi connectivity index (χ3v) is 2.83. The van der Waals surface area contributed by atoms with Crippen LogP contribution in [0, 0.1) is 0 Å². The van der Waals surface area contributed by atoms with Crippen LogP contribution in [-0.4, -0.2) is 22.4 Å². The molecule has 0 aliphatic rings. The zero-order valence-electron chi connectivity index (χ0n) is 11.2. The highest BCUT2D eigenvalue weighted by Gasteiger charge is 2.23. The summed E-state index contributed by atoms with van der Waals surface area (Å²) in [7, 11) is 0. The van der Waals surface area contributed by atoms with Crippen LogP contribution in [0.2, 0.25) is 0 Å². The Bertz CT molecular complexity index is 371. The molecule has 0 saturated carbocycles. The first kappa shape index (κ1) is 13.7. The van der Waals surface area contributed by atoms with Gasteiger partial charge in [0.1, 0.15) is 6.04 Å². The molecule has 0 bridgehead atoms. The molecule has 1 atom stereocenters. The molecular weight excluding hydrogens is 216 g/mol. The average molecular weight is 238 g/mol. The van der Waals surface area contributed by atoms with Crippen molar-refractivity contribution in [3.8, 4) is 0 Å². The lowest BCUT2D eigenvalue weighted by Gasteiger charge is -2.16. The molecule has 0 N–H and O–H groups in total. The fourth-order valence-electron chi connectivity index (χ4n) is 1.87. The van der Waals surface area contributed by atoms with Crippen LogP contribution in [-0.2, 0) is 22.4 Å². The number of carbonyl (C=O) groups excluding carboxylic acids is 1. The maximum absolute atomic E-state index is 11.9. The molecule has 1 rings (SSSR count). The van der Waals surface area contributed by atoms with E-state index in [0.717, 1.165) is 24.2 Å². The number of esters is 1. The van der Waals surface area contributed by atoms with E-state index in [2.05, 4.69) is 25.0 Å². The molecule has 0 radical (unpaired) electrons. The molecule has 0 aliphatic carbocycles. The van der Waals surface area contributed by atoms with Crippen LogP contribution in [0.4, 0.5) is 0 Å². The Labute approximate surface area is 103 Å². The predicted octanol–water partition coefficient (Wildman–Crippen LogP) is 2.52. The summed E-state index contributed by atoms with van der Waals surface area (Å²) in [5.74, 6) is -0.185. The molecule has 4 heteroatoms. The number of carbonyl (C=O) groups is 1. The van der Waals surface area contributed by atoms with Crippen LogP contribution in [0.25, 0.3) is 0 Å². The summed E-state index contributed by atoms with van der Waals surface area (Å²) in [4.78, 5) is 11.9. The van der Waals surface area contributed by atoms with Crippen molar-refractivity contribution in [3.05, 3.63) is 17.5 Å². The second-order valence-electron chi connectivity index (χ2n) is 3.95. The number of hydrogen-bond donors (Lipinski definition) is 0. The first-order valence-electron chi connectivity index (χ1n) is 6.41. The molecule has 17 heavy (non-hydrogen) atoms. The van der Waals surface area contributed by atoms with E-state index in [1.807, 2.05) is 18.5 Å². The number of ether oxygens (including phenoxy) is 1. The van der Waals surface area contributed by atoms with E-state index in [-0.39, 0.29) is 12.0 Å². The molecule has 1 unspecified atom stereocenters. The minimum atomic E-state index is -0.287. The van der Waals surface area contributed by atoms with Crippen LogP contribution in [0.15, 0.2) is 6.07 Å². The number of aromatic nitrogens is 2. The average Bonchev–Trinajstić information content (AvgIpc) is 2.73. The summed E-state index contributed by atoms with van der Waals surface area (Å²) < 4.78 is 6.92. The van der Waals surface area contributed by atoms with E-state index in [1.165, 1.54) is 0 Å². The van der Waals surface area contributed by atoms with Gasteiger partial charge in [-0.3, -0.25) is 4.68 Å². The van der Waals surface area contributed by atoms with Crippen LogP contribution in [0.3, 0.4) is 0 Å². The van der Waals surface area contributed by atoms with Crippen molar-refractivity contribution in [1.29, 1.82) is 0 Å². The molecule has 0 spiro atoms. The molecule has 0 amide bonds. The highest BCUT2D eigenvalue weighted by molar-refractivity contribution is 5.74. The summed E-state index contributed by atoms with van der Waals surface area (Å²) in [6.07, 6.45) is 2.47. The zero-order valence-corrected chi connectivity index (χ0v) is 11.2. The monoisotopic (exact) mass is 238 g/mol. The van der Waals surface area contributed by atoms with E-state index < -0.39 is 0 Å². The van der Waals surface area contributed by atoms with Gasteiger partial charge in [0.25, 0.3) is 0 Å². The van der Waals surface area contributed by atoms with Crippen molar-refractivity contribution in [3.63, 3.8) is 0 Å². The standard InChI is InChI=1S/C13H22N2O2/c1-5-10-9-11(6-2)15(14-10)12(7-3)13(16)17-8-4/h9,12H,5-8H2,1-4H3. The van der Waals surface area contributed by atoms with Gasteiger partial charge in [-0.2, -0.15) is 5.10 Å². The maximum atomic E-state index is 11.9. The van der Waals surface area contributed by atoms with Gasteiger partial charge < -0.3 is 4.74 Å². The lowest BCUT2D eigenvalue weighted by Crippen LogP contribution is -2.24. The number of hydrogen-bond acceptors (Lipinski definition) is 3. The van der Waals surface area contributed by atoms with Crippen molar-refractivity contribution in [2.45, 2.75) is 53.0 Å². The molecule has 96 valence electrons. The van der Waals surface area contributed by atoms with Crippen molar-refractivity contribution in [1.82, 2.24) is 9.78 Å². The molecule has 1 aromatic rings. The zero-order chi connectivity index (χ0) is 12.8. The maximum Gasteiger partial charge on any atom is 0.330 e. The second kappa shape index (κ2) is 6.42. The van der Waals surface area contributed by atoms with E-state index in [9.17, 15) is 4.79 Å². The van der Waals surface area contributed by atoms with Gasteiger partial charge in [-0.25, -0.2) is 4.79 Å². The van der Waals surface area contributed by atoms with Crippen molar-refractivity contribution in [2.24, 2.45) is 0 Å². The van der Waals surface area contributed by atoms with E-state index >= 15 is 0 Å². The summed E-state index contributed by atoms with van der Waals surface area (Å²) in [6.45, 7) is 8.36. The Kier molecular flexibility index (Phi) is 5.19. The third-order valence-electron chi connectivity index (χ3n) is 2.83. The van der Waals surface area contributed by atoms with Crippen molar-refractivity contribution >= 4 is 5.97 Å². The van der Waals surface area contributed by atoms with Gasteiger partial charge in [0, 0.05) is 5.69 Å².